The van der Waals surface area contributed by atoms with Gasteiger partial charge in [0.25, 0.3) is 0 Å². The number of nitrogens with two attached hydrogens (primary N) is 1. The molecular formula is C7H8N6. The van der Waals surface area contributed by atoms with Crippen LogP contribution in [0.2, 0.25) is 0 Å². The summed E-state index contributed by atoms with van der Waals surface area (Å²) in [6, 6.07) is 1.78. The van der Waals surface area contributed by atoms with Crippen molar-refractivity contribution in [1.82, 2.24) is 25.0 Å². The summed E-state index contributed by atoms with van der Waals surface area (Å²) in [5.41, 5.74) is 6.34. The Hall–Kier alpha value is -1.98. The zero-order chi connectivity index (χ0) is 9.26. The van der Waals surface area contributed by atoms with Crippen molar-refractivity contribution in [3.63, 3.8) is 0 Å². The summed E-state index contributed by atoms with van der Waals surface area (Å²) in [5.74, 6) is 0.946. The minimum atomic E-state index is 0.381. The van der Waals surface area contributed by atoms with Gasteiger partial charge in [-0.15, -0.1) is 5.10 Å². The summed E-state index contributed by atoms with van der Waals surface area (Å²) in [5, 5.41) is 11.5. The van der Waals surface area contributed by atoms with Crippen LogP contribution in [-0.4, -0.2) is 25.0 Å². The second kappa shape index (κ2) is 2.81. The molecule has 2 heterocycles. The minimum Gasteiger partial charge on any atom is -0.368 e. The van der Waals surface area contributed by atoms with E-state index in [2.05, 4.69) is 20.3 Å². The normalized spacial score (nSPS) is 10.2. The number of aromatic nitrogens is 5. The predicted octanol–water partition coefficient (Wildman–Crippen LogP) is -0.146. The molecule has 0 aliphatic heterocycles. The van der Waals surface area contributed by atoms with E-state index in [1.165, 1.54) is 4.68 Å². The van der Waals surface area contributed by atoms with Crippen molar-refractivity contribution < 1.29 is 0 Å². The third-order valence-corrected chi connectivity index (χ3v) is 1.64. The highest BCUT2D eigenvalue weighted by atomic mass is 15.4. The second-order valence-corrected chi connectivity index (χ2v) is 2.55. The van der Waals surface area contributed by atoms with Crippen LogP contribution >= 0.6 is 0 Å². The molecule has 0 saturated carbocycles. The molecule has 0 unspecified atom stereocenters. The van der Waals surface area contributed by atoms with E-state index in [0.29, 0.717) is 11.8 Å². The fourth-order valence-electron chi connectivity index (χ4n) is 0.942. The summed E-state index contributed by atoms with van der Waals surface area (Å²) in [4.78, 5) is 4.04. The smallest absolute Gasteiger partial charge is 0.218 e. The highest BCUT2D eigenvalue weighted by Crippen LogP contribution is 2.12. The number of hydrogen-bond acceptors (Lipinski definition) is 5. The van der Waals surface area contributed by atoms with Crippen molar-refractivity contribution in [1.29, 1.82) is 0 Å². The van der Waals surface area contributed by atoms with Crippen LogP contribution < -0.4 is 5.73 Å². The van der Waals surface area contributed by atoms with E-state index in [1.807, 2.05) is 0 Å². The first-order chi connectivity index (χ1) is 6.27. The molecule has 13 heavy (non-hydrogen) atoms. The molecule has 0 saturated heterocycles. The van der Waals surface area contributed by atoms with Crippen LogP contribution in [0.25, 0.3) is 11.4 Å². The van der Waals surface area contributed by atoms with Gasteiger partial charge in [0.2, 0.25) is 5.95 Å². The van der Waals surface area contributed by atoms with E-state index < -0.39 is 0 Å². The topological polar surface area (TPSA) is 82.5 Å². The largest absolute Gasteiger partial charge is 0.368 e. The number of hydrogen-bond donors (Lipinski definition) is 1. The Labute approximate surface area is 74.4 Å². The maximum absolute atomic E-state index is 5.53. The number of rotatable bonds is 1. The lowest BCUT2D eigenvalue weighted by Crippen LogP contribution is -1.97. The molecule has 0 aliphatic rings. The van der Waals surface area contributed by atoms with Crippen LogP contribution in [0.1, 0.15) is 0 Å². The molecule has 0 aliphatic carbocycles. The molecule has 0 fully saturated rings. The van der Waals surface area contributed by atoms with E-state index >= 15 is 0 Å². The third-order valence-electron chi connectivity index (χ3n) is 1.64. The van der Waals surface area contributed by atoms with Crippen molar-refractivity contribution in [2.24, 2.45) is 7.05 Å². The highest BCUT2D eigenvalue weighted by molar-refractivity contribution is 5.53. The standard InChI is InChI=1S/C7H8N6/c1-13-7(8)11-6(12-13)5-2-3-9-10-4-5/h2-4H,1H3,(H2,8,11,12). The van der Waals surface area contributed by atoms with Crippen molar-refractivity contribution >= 4 is 5.95 Å². The van der Waals surface area contributed by atoms with Gasteiger partial charge in [0.1, 0.15) is 0 Å². The summed E-state index contributed by atoms with van der Waals surface area (Å²) in [7, 11) is 1.74. The number of anilines is 1. The van der Waals surface area contributed by atoms with Gasteiger partial charge in [-0.05, 0) is 6.07 Å². The fraction of sp³-hybridized carbons (Fsp3) is 0.143. The van der Waals surface area contributed by atoms with Gasteiger partial charge in [0.15, 0.2) is 5.82 Å². The van der Waals surface area contributed by atoms with Crippen molar-refractivity contribution in [3.05, 3.63) is 18.5 Å². The van der Waals surface area contributed by atoms with Crippen LogP contribution in [0.3, 0.4) is 0 Å². The lowest BCUT2D eigenvalue weighted by molar-refractivity contribution is 0.780. The molecule has 0 atom stereocenters. The van der Waals surface area contributed by atoms with Crippen LogP contribution in [0.15, 0.2) is 18.5 Å². The summed E-state index contributed by atoms with van der Waals surface area (Å²) >= 11 is 0. The molecule has 0 radical (unpaired) electrons. The van der Waals surface area contributed by atoms with Crippen LogP contribution in [0.5, 0.6) is 0 Å². The Morgan fingerprint density at radius 3 is 2.77 bits per heavy atom. The van der Waals surface area contributed by atoms with Gasteiger partial charge in [0.05, 0.1) is 12.4 Å². The third kappa shape index (κ3) is 1.33. The molecule has 0 bridgehead atoms. The average Bonchev–Trinajstić information content (AvgIpc) is 2.49. The first-order valence-electron chi connectivity index (χ1n) is 3.71. The van der Waals surface area contributed by atoms with Gasteiger partial charge in [0, 0.05) is 12.6 Å². The molecular weight excluding hydrogens is 168 g/mol. The average molecular weight is 176 g/mol. The second-order valence-electron chi connectivity index (χ2n) is 2.55. The minimum absolute atomic E-state index is 0.381. The quantitative estimate of drug-likeness (QED) is 0.653. The van der Waals surface area contributed by atoms with Crippen molar-refractivity contribution in [2.75, 3.05) is 5.73 Å². The van der Waals surface area contributed by atoms with Gasteiger partial charge in [-0.2, -0.15) is 15.2 Å². The summed E-state index contributed by atoms with van der Waals surface area (Å²) < 4.78 is 1.51. The van der Waals surface area contributed by atoms with E-state index in [-0.39, 0.29) is 0 Å². The maximum Gasteiger partial charge on any atom is 0.218 e. The highest BCUT2D eigenvalue weighted by Gasteiger charge is 2.05. The Kier molecular flexibility index (Phi) is 1.66. The zero-order valence-corrected chi connectivity index (χ0v) is 7.05. The molecule has 2 aromatic rings. The van der Waals surface area contributed by atoms with Gasteiger partial charge >= 0.3 is 0 Å². The molecule has 2 N–H and O–H groups in total. The SMILES string of the molecule is Cn1nc(-c2ccnnc2)nc1N. The predicted molar refractivity (Wildman–Crippen MR) is 46.4 cm³/mol. The van der Waals surface area contributed by atoms with Gasteiger partial charge in [-0.25, -0.2) is 4.68 Å². The van der Waals surface area contributed by atoms with Crippen LogP contribution in [0.4, 0.5) is 5.95 Å². The molecule has 2 rings (SSSR count). The van der Waals surface area contributed by atoms with Crippen LogP contribution in [0, 0.1) is 0 Å². The molecule has 0 aromatic carbocycles. The Morgan fingerprint density at radius 1 is 1.38 bits per heavy atom. The number of nitrogens with zero attached hydrogens (tertiary/aromatic N) is 5. The lowest BCUT2D eigenvalue weighted by atomic mass is 10.3. The number of nitrogen functional groups attached to an aromatic ring is 1. The Bertz CT molecular complexity index is 387. The van der Waals surface area contributed by atoms with Gasteiger partial charge < -0.3 is 5.73 Å². The monoisotopic (exact) mass is 176 g/mol. The zero-order valence-electron chi connectivity index (χ0n) is 7.05. The first-order valence-corrected chi connectivity index (χ1v) is 3.71. The Morgan fingerprint density at radius 2 is 2.23 bits per heavy atom. The molecule has 0 amide bonds. The molecule has 0 spiro atoms. The fourth-order valence-corrected chi connectivity index (χ4v) is 0.942. The summed E-state index contributed by atoms with van der Waals surface area (Å²) in [6.45, 7) is 0. The van der Waals surface area contributed by atoms with Crippen molar-refractivity contribution in [3.8, 4) is 11.4 Å². The van der Waals surface area contributed by atoms with Gasteiger partial charge in [-0.3, -0.25) is 0 Å². The van der Waals surface area contributed by atoms with E-state index in [4.69, 9.17) is 5.73 Å². The first kappa shape index (κ1) is 7.66. The van der Waals surface area contributed by atoms with Crippen LogP contribution in [-0.2, 0) is 7.05 Å². The Balaban J connectivity index is 2.48. The maximum atomic E-state index is 5.53. The van der Waals surface area contributed by atoms with Gasteiger partial charge in [-0.1, -0.05) is 0 Å². The number of aryl methyl sites for hydroxylation is 1. The molecule has 2 aromatic heterocycles. The lowest BCUT2D eigenvalue weighted by Gasteiger charge is -1.89. The molecule has 6 nitrogen and oxygen atoms in total. The van der Waals surface area contributed by atoms with E-state index in [1.54, 1.807) is 25.5 Å². The molecule has 66 valence electrons. The van der Waals surface area contributed by atoms with E-state index in [0.717, 1.165) is 5.56 Å². The van der Waals surface area contributed by atoms with E-state index in [9.17, 15) is 0 Å². The van der Waals surface area contributed by atoms with Crippen molar-refractivity contribution in [2.45, 2.75) is 0 Å². The summed E-state index contributed by atoms with van der Waals surface area (Å²) in [6.07, 6.45) is 3.18. The molecule has 6 heteroatoms.